The highest BCUT2D eigenvalue weighted by molar-refractivity contribution is 9.11. The number of rotatable bonds is 2. The number of hydrogen-bond acceptors (Lipinski definition) is 2. The Bertz CT molecular complexity index is 622. The van der Waals surface area contributed by atoms with E-state index in [-0.39, 0.29) is 6.04 Å². The van der Waals surface area contributed by atoms with Crippen molar-refractivity contribution in [3.63, 3.8) is 0 Å². The highest BCUT2D eigenvalue weighted by atomic mass is 79.9. The van der Waals surface area contributed by atoms with Gasteiger partial charge in [-0.25, -0.2) is 5.01 Å². The van der Waals surface area contributed by atoms with Gasteiger partial charge >= 0.3 is 0 Å². The first-order valence-electron chi connectivity index (χ1n) is 6.66. The molecule has 1 unspecified atom stereocenters. The van der Waals surface area contributed by atoms with Gasteiger partial charge in [0.05, 0.1) is 11.7 Å². The Hall–Kier alpha value is -1.58. The summed E-state index contributed by atoms with van der Waals surface area (Å²) < 4.78 is 1.21. The van der Waals surface area contributed by atoms with Gasteiger partial charge in [-0.15, -0.1) is 0 Å². The SMILES string of the molecule is CN1C(c2ccccc2)=C(Br)C(c2ccccc2)N1C. The number of hydrazine groups is 1. The minimum Gasteiger partial charge on any atom is -0.307 e. The molecule has 2 aromatic carbocycles. The third kappa shape index (κ3) is 2.17. The third-order valence-corrected chi connectivity index (χ3v) is 4.61. The summed E-state index contributed by atoms with van der Waals surface area (Å²) in [6, 6.07) is 21.3. The molecule has 1 aliphatic heterocycles. The van der Waals surface area contributed by atoms with Crippen LogP contribution < -0.4 is 0 Å². The summed E-state index contributed by atoms with van der Waals surface area (Å²) in [4.78, 5) is 0. The largest absolute Gasteiger partial charge is 0.307 e. The van der Waals surface area contributed by atoms with Gasteiger partial charge in [-0.05, 0) is 5.56 Å². The van der Waals surface area contributed by atoms with Crippen molar-refractivity contribution in [2.24, 2.45) is 0 Å². The molecule has 0 radical (unpaired) electrons. The van der Waals surface area contributed by atoms with Crippen molar-refractivity contribution >= 4 is 21.6 Å². The van der Waals surface area contributed by atoms with Crippen molar-refractivity contribution in [3.05, 3.63) is 76.3 Å². The second-order valence-corrected chi connectivity index (χ2v) is 5.83. The molecule has 2 aromatic rings. The van der Waals surface area contributed by atoms with E-state index in [1.165, 1.54) is 21.3 Å². The second-order valence-electron chi connectivity index (χ2n) is 4.97. The van der Waals surface area contributed by atoms with Crippen LogP contribution in [-0.2, 0) is 0 Å². The topological polar surface area (TPSA) is 6.48 Å². The van der Waals surface area contributed by atoms with Crippen molar-refractivity contribution in [1.29, 1.82) is 0 Å². The maximum Gasteiger partial charge on any atom is 0.0875 e. The zero-order valence-electron chi connectivity index (χ0n) is 11.6. The molecule has 20 heavy (non-hydrogen) atoms. The van der Waals surface area contributed by atoms with Crippen molar-refractivity contribution in [1.82, 2.24) is 10.0 Å². The summed E-state index contributed by atoms with van der Waals surface area (Å²) in [5, 5.41) is 4.46. The molecule has 0 spiro atoms. The van der Waals surface area contributed by atoms with Crippen molar-refractivity contribution in [2.45, 2.75) is 6.04 Å². The zero-order valence-corrected chi connectivity index (χ0v) is 13.2. The van der Waals surface area contributed by atoms with Gasteiger partial charge in [-0.3, -0.25) is 0 Å². The summed E-state index contributed by atoms with van der Waals surface area (Å²) in [7, 11) is 4.22. The van der Waals surface area contributed by atoms with E-state index in [1.54, 1.807) is 0 Å². The molecule has 102 valence electrons. The fourth-order valence-electron chi connectivity index (χ4n) is 2.70. The van der Waals surface area contributed by atoms with Gasteiger partial charge in [0.15, 0.2) is 0 Å². The lowest BCUT2D eigenvalue weighted by atomic mass is 10.0. The Balaban J connectivity index is 2.08. The molecule has 0 aromatic heterocycles. The van der Waals surface area contributed by atoms with Gasteiger partial charge < -0.3 is 5.01 Å². The molecule has 3 heteroatoms. The molecule has 3 rings (SSSR count). The molecule has 0 fully saturated rings. The van der Waals surface area contributed by atoms with Crippen molar-refractivity contribution in [2.75, 3.05) is 14.1 Å². The summed E-state index contributed by atoms with van der Waals surface area (Å²) >= 11 is 3.82. The molecule has 1 heterocycles. The summed E-state index contributed by atoms with van der Waals surface area (Å²) in [6.45, 7) is 0. The van der Waals surface area contributed by atoms with E-state index < -0.39 is 0 Å². The van der Waals surface area contributed by atoms with Crippen LogP contribution in [0.1, 0.15) is 17.2 Å². The van der Waals surface area contributed by atoms with Crippen molar-refractivity contribution in [3.8, 4) is 0 Å². The third-order valence-electron chi connectivity index (χ3n) is 3.80. The van der Waals surface area contributed by atoms with E-state index in [0.717, 1.165) is 0 Å². The number of nitrogens with zero attached hydrogens (tertiary/aromatic N) is 2. The van der Waals surface area contributed by atoms with Crippen LogP contribution >= 0.6 is 15.9 Å². The molecule has 0 saturated carbocycles. The van der Waals surface area contributed by atoms with Crippen LogP contribution in [0, 0.1) is 0 Å². The van der Waals surface area contributed by atoms with E-state index in [1.807, 2.05) is 6.07 Å². The Kier molecular flexibility index (Phi) is 3.64. The van der Waals surface area contributed by atoms with E-state index in [2.05, 4.69) is 94.6 Å². The van der Waals surface area contributed by atoms with Gasteiger partial charge in [0.2, 0.25) is 0 Å². The van der Waals surface area contributed by atoms with Crippen LogP contribution in [0.15, 0.2) is 65.1 Å². The summed E-state index contributed by atoms with van der Waals surface area (Å²) in [6.07, 6.45) is 0. The second kappa shape index (κ2) is 5.43. The van der Waals surface area contributed by atoms with Crippen LogP contribution in [0.4, 0.5) is 0 Å². The monoisotopic (exact) mass is 328 g/mol. The highest BCUT2D eigenvalue weighted by Gasteiger charge is 2.34. The van der Waals surface area contributed by atoms with Gasteiger partial charge in [0.25, 0.3) is 0 Å². The molecular formula is C17H17BrN2. The van der Waals surface area contributed by atoms with E-state index >= 15 is 0 Å². The van der Waals surface area contributed by atoms with Gasteiger partial charge in [-0.2, -0.15) is 0 Å². The zero-order chi connectivity index (χ0) is 14.1. The van der Waals surface area contributed by atoms with E-state index in [4.69, 9.17) is 0 Å². The quantitative estimate of drug-likeness (QED) is 0.811. The first-order valence-corrected chi connectivity index (χ1v) is 7.46. The first-order chi connectivity index (χ1) is 9.70. The molecule has 0 amide bonds. The lowest BCUT2D eigenvalue weighted by Gasteiger charge is -2.29. The maximum absolute atomic E-state index is 3.82. The number of hydrogen-bond donors (Lipinski definition) is 0. The van der Waals surface area contributed by atoms with Crippen LogP contribution in [0.5, 0.6) is 0 Å². The van der Waals surface area contributed by atoms with Crippen LogP contribution in [0.3, 0.4) is 0 Å². The van der Waals surface area contributed by atoms with Gasteiger partial charge in [0, 0.05) is 24.1 Å². The van der Waals surface area contributed by atoms with Crippen LogP contribution in [0.25, 0.3) is 5.70 Å². The normalized spacial score (nSPS) is 19.8. The molecule has 1 atom stereocenters. The average molecular weight is 329 g/mol. The standard InChI is InChI=1S/C17H17BrN2/c1-19-16(13-9-5-3-6-10-13)15(18)17(20(19)2)14-11-7-4-8-12-14/h3-12,16H,1-2H3. The molecule has 2 nitrogen and oxygen atoms in total. The smallest absolute Gasteiger partial charge is 0.0875 e. The Morgan fingerprint density at radius 3 is 2.00 bits per heavy atom. The maximum atomic E-state index is 3.82. The van der Waals surface area contributed by atoms with E-state index in [0.29, 0.717) is 0 Å². The summed E-state index contributed by atoms with van der Waals surface area (Å²) in [5.74, 6) is 0. The van der Waals surface area contributed by atoms with E-state index in [9.17, 15) is 0 Å². The Morgan fingerprint density at radius 2 is 1.40 bits per heavy atom. The lowest BCUT2D eigenvalue weighted by molar-refractivity contribution is 0.0825. The number of benzene rings is 2. The van der Waals surface area contributed by atoms with Gasteiger partial charge in [0.1, 0.15) is 0 Å². The molecule has 0 saturated heterocycles. The fourth-order valence-corrected chi connectivity index (χ4v) is 3.74. The molecule has 1 aliphatic rings. The predicted octanol–water partition coefficient (Wildman–Crippen LogP) is 4.28. The van der Waals surface area contributed by atoms with Crippen molar-refractivity contribution < 1.29 is 0 Å². The molecule has 0 aliphatic carbocycles. The highest BCUT2D eigenvalue weighted by Crippen LogP contribution is 2.44. The predicted molar refractivity (Wildman–Crippen MR) is 87.0 cm³/mol. The lowest BCUT2D eigenvalue weighted by Crippen LogP contribution is -2.32. The Labute approximate surface area is 128 Å². The number of halogens is 1. The van der Waals surface area contributed by atoms with Crippen LogP contribution in [0.2, 0.25) is 0 Å². The molecule has 0 bridgehead atoms. The molecule has 0 N–H and O–H groups in total. The average Bonchev–Trinajstić information content (AvgIpc) is 2.71. The summed E-state index contributed by atoms with van der Waals surface area (Å²) in [5.41, 5.74) is 3.74. The minimum absolute atomic E-state index is 0.233. The van der Waals surface area contributed by atoms with Gasteiger partial charge in [-0.1, -0.05) is 76.6 Å². The molecular weight excluding hydrogens is 312 g/mol. The first kappa shape index (κ1) is 13.4. The fraction of sp³-hybridized carbons (Fsp3) is 0.176. The Morgan fingerprint density at radius 1 is 0.850 bits per heavy atom. The number of likely N-dealkylation sites (N-methyl/N-ethyl adjacent to an activating group) is 1. The van der Waals surface area contributed by atoms with Crippen LogP contribution in [-0.4, -0.2) is 24.1 Å². The minimum atomic E-state index is 0.233.